The number of nitrogens with zero attached hydrogens (tertiary/aromatic N) is 2. The van der Waals surface area contributed by atoms with Crippen molar-refractivity contribution in [1.29, 1.82) is 0 Å². The van der Waals surface area contributed by atoms with E-state index in [9.17, 15) is 4.79 Å². The molecule has 1 atom stereocenters. The lowest BCUT2D eigenvalue weighted by Gasteiger charge is -2.27. The van der Waals surface area contributed by atoms with Gasteiger partial charge in [0.25, 0.3) is 0 Å². The van der Waals surface area contributed by atoms with Gasteiger partial charge in [0, 0.05) is 17.2 Å². The van der Waals surface area contributed by atoms with Crippen LogP contribution in [-0.2, 0) is 6.42 Å². The average Bonchev–Trinajstić information content (AvgIpc) is 2.68. The molecule has 1 aliphatic rings. The summed E-state index contributed by atoms with van der Waals surface area (Å²) in [6.07, 6.45) is 4.26. The Morgan fingerprint density at radius 1 is 1.08 bits per heavy atom. The molecule has 130 valence electrons. The average molecular weight is 343 g/mol. The molecule has 0 fully saturated rings. The first kappa shape index (κ1) is 16.5. The molecule has 4 nitrogen and oxygen atoms in total. The largest absolute Gasteiger partial charge is 0.363 e. The third-order valence-corrected chi connectivity index (χ3v) is 4.85. The molecule has 4 heteroatoms. The van der Waals surface area contributed by atoms with Gasteiger partial charge in [0.05, 0.1) is 11.7 Å². The molecule has 0 spiro atoms. The number of rotatable bonds is 4. The minimum atomic E-state index is 0.267. The van der Waals surface area contributed by atoms with E-state index in [1.807, 2.05) is 31.2 Å². The molecule has 0 aliphatic heterocycles. The van der Waals surface area contributed by atoms with Crippen LogP contribution in [0, 0.1) is 6.92 Å². The highest BCUT2D eigenvalue weighted by Crippen LogP contribution is 2.32. The fourth-order valence-electron chi connectivity index (χ4n) is 3.64. The number of carbonyl (C=O) groups excluding carboxylic acids is 1. The first-order valence-electron chi connectivity index (χ1n) is 8.98. The van der Waals surface area contributed by atoms with Crippen molar-refractivity contribution < 1.29 is 4.79 Å². The maximum atomic E-state index is 11.1. The predicted octanol–water partition coefficient (Wildman–Crippen LogP) is 4.75. The van der Waals surface area contributed by atoms with E-state index in [-0.39, 0.29) is 6.04 Å². The zero-order chi connectivity index (χ0) is 17.9. The van der Waals surface area contributed by atoms with E-state index < -0.39 is 0 Å². The van der Waals surface area contributed by atoms with Crippen LogP contribution in [0.3, 0.4) is 0 Å². The van der Waals surface area contributed by atoms with Crippen LogP contribution in [0.15, 0.2) is 54.6 Å². The molecule has 1 unspecified atom stereocenters. The molecule has 1 aliphatic carbocycles. The third-order valence-electron chi connectivity index (χ3n) is 4.85. The summed E-state index contributed by atoms with van der Waals surface area (Å²) < 4.78 is 0. The summed E-state index contributed by atoms with van der Waals surface area (Å²) in [4.78, 5) is 20.2. The zero-order valence-electron chi connectivity index (χ0n) is 14.8. The Balaban J connectivity index is 1.66. The molecular weight excluding hydrogens is 322 g/mol. The number of aldehydes is 1. The lowest BCUT2D eigenvalue weighted by molar-refractivity contribution is 0.112. The second kappa shape index (κ2) is 7.08. The van der Waals surface area contributed by atoms with Crippen molar-refractivity contribution in [2.75, 3.05) is 5.32 Å². The number of hydrogen-bond acceptors (Lipinski definition) is 4. The van der Waals surface area contributed by atoms with Gasteiger partial charge in [-0.3, -0.25) is 4.79 Å². The van der Waals surface area contributed by atoms with Crippen molar-refractivity contribution >= 4 is 12.1 Å². The summed E-state index contributed by atoms with van der Waals surface area (Å²) in [7, 11) is 0. The van der Waals surface area contributed by atoms with Gasteiger partial charge >= 0.3 is 0 Å². The van der Waals surface area contributed by atoms with E-state index >= 15 is 0 Å². The molecule has 1 aromatic heterocycles. The SMILES string of the molecule is Cc1nc(NC2CCCc3ccccc32)cc(-c2cccc(C=O)c2)n1. The molecule has 0 amide bonds. The van der Waals surface area contributed by atoms with Crippen molar-refractivity contribution in [2.24, 2.45) is 0 Å². The summed E-state index contributed by atoms with van der Waals surface area (Å²) >= 11 is 0. The van der Waals surface area contributed by atoms with Gasteiger partial charge < -0.3 is 5.32 Å². The monoisotopic (exact) mass is 343 g/mol. The predicted molar refractivity (Wildman–Crippen MR) is 103 cm³/mol. The fourth-order valence-corrected chi connectivity index (χ4v) is 3.64. The third kappa shape index (κ3) is 3.36. The van der Waals surface area contributed by atoms with Gasteiger partial charge in [0.1, 0.15) is 17.9 Å². The van der Waals surface area contributed by atoms with Gasteiger partial charge in [-0.1, -0.05) is 42.5 Å². The van der Waals surface area contributed by atoms with Crippen molar-refractivity contribution in [3.8, 4) is 11.3 Å². The molecule has 2 aromatic carbocycles. The van der Waals surface area contributed by atoms with E-state index in [4.69, 9.17) is 0 Å². The summed E-state index contributed by atoms with van der Waals surface area (Å²) in [5, 5.41) is 3.60. The minimum Gasteiger partial charge on any atom is -0.363 e. The summed E-state index contributed by atoms with van der Waals surface area (Å²) in [5.74, 6) is 1.54. The highest BCUT2D eigenvalue weighted by atomic mass is 16.1. The van der Waals surface area contributed by atoms with E-state index in [0.29, 0.717) is 11.4 Å². The molecular formula is C22H21N3O. The summed E-state index contributed by atoms with van der Waals surface area (Å²) in [5.41, 5.74) is 5.18. The first-order chi connectivity index (χ1) is 12.7. The molecule has 1 N–H and O–H groups in total. The van der Waals surface area contributed by atoms with E-state index in [1.165, 1.54) is 17.5 Å². The zero-order valence-corrected chi connectivity index (χ0v) is 14.8. The van der Waals surface area contributed by atoms with Crippen molar-refractivity contribution in [3.63, 3.8) is 0 Å². The van der Waals surface area contributed by atoms with E-state index in [0.717, 1.165) is 36.2 Å². The van der Waals surface area contributed by atoms with Gasteiger partial charge in [0.15, 0.2) is 0 Å². The smallest absolute Gasteiger partial charge is 0.150 e. The number of anilines is 1. The Hall–Kier alpha value is -3.01. The van der Waals surface area contributed by atoms with Crippen molar-refractivity contribution in [2.45, 2.75) is 32.2 Å². The van der Waals surface area contributed by atoms with Crippen LogP contribution in [0.4, 0.5) is 5.82 Å². The second-order valence-electron chi connectivity index (χ2n) is 6.72. The Kier molecular flexibility index (Phi) is 4.48. The number of fused-ring (bicyclic) bond motifs is 1. The van der Waals surface area contributed by atoms with Gasteiger partial charge in [-0.05, 0) is 43.4 Å². The molecule has 3 aromatic rings. The van der Waals surface area contributed by atoms with Crippen LogP contribution in [0.1, 0.15) is 46.2 Å². The van der Waals surface area contributed by atoms with Crippen LogP contribution >= 0.6 is 0 Å². The highest BCUT2D eigenvalue weighted by Gasteiger charge is 2.20. The Bertz CT molecular complexity index is 952. The normalized spacial score (nSPS) is 16.0. The van der Waals surface area contributed by atoms with Crippen molar-refractivity contribution in [1.82, 2.24) is 9.97 Å². The molecule has 0 bridgehead atoms. The van der Waals surface area contributed by atoms with Crippen LogP contribution in [0.5, 0.6) is 0 Å². The number of nitrogens with one attached hydrogen (secondary N) is 1. The minimum absolute atomic E-state index is 0.267. The lowest BCUT2D eigenvalue weighted by Crippen LogP contribution is -2.18. The van der Waals surface area contributed by atoms with Gasteiger partial charge in [0.2, 0.25) is 0 Å². The quantitative estimate of drug-likeness (QED) is 0.694. The molecule has 0 saturated carbocycles. The first-order valence-corrected chi connectivity index (χ1v) is 8.98. The summed E-state index contributed by atoms with van der Waals surface area (Å²) in [6, 6.07) is 18.3. The van der Waals surface area contributed by atoms with Crippen LogP contribution in [-0.4, -0.2) is 16.3 Å². The molecule has 1 heterocycles. The van der Waals surface area contributed by atoms with Crippen molar-refractivity contribution in [3.05, 3.63) is 77.1 Å². The lowest BCUT2D eigenvalue weighted by atomic mass is 9.88. The van der Waals surface area contributed by atoms with Gasteiger partial charge in [-0.25, -0.2) is 9.97 Å². The van der Waals surface area contributed by atoms with Gasteiger partial charge in [-0.15, -0.1) is 0 Å². The number of aromatic nitrogens is 2. The standard InChI is InChI=1S/C22H21N3O/c1-15-23-21(18-9-4-6-16(12-18)14-26)13-22(24-15)25-20-11-5-8-17-7-2-3-10-19(17)20/h2-4,6-7,9-10,12-14,20H,5,8,11H2,1H3,(H,23,24,25). The number of carbonyl (C=O) groups is 1. The van der Waals surface area contributed by atoms with Crippen LogP contribution in [0.25, 0.3) is 11.3 Å². The number of aryl methyl sites for hydroxylation is 2. The van der Waals surface area contributed by atoms with E-state index in [1.54, 1.807) is 6.07 Å². The molecule has 26 heavy (non-hydrogen) atoms. The molecule has 0 radical (unpaired) electrons. The Morgan fingerprint density at radius 3 is 2.85 bits per heavy atom. The van der Waals surface area contributed by atoms with Crippen LogP contribution < -0.4 is 5.32 Å². The summed E-state index contributed by atoms with van der Waals surface area (Å²) in [6.45, 7) is 1.90. The van der Waals surface area contributed by atoms with E-state index in [2.05, 4.69) is 39.6 Å². The maximum absolute atomic E-state index is 11.1. The van der Waals surface area contributed by atoms with Gasteiger partial charge in [-0.2, -0.15) is 0 Å². The molecule has 4 rings (SSSR count). The Morgan fingerprint density at radius 2 is 1.96 bits per heavy atom. The Labute approximate surface area is 153 Å². The second-order valence-corrected chi connectivity index (χ2v) is 6.72. The topological polar surface area (TPSA) is 54.9 Å². The number of hydrogen-bond donors (Lipinski definition) is 1. The maximum Gasteiger partial charge on any atom is 0.150 e. The fraction of sp³-hybridized carbons (Fsp3) is 0.227. The molecule has 0 saturated heterocycles. The highest BCUT2D eigenvalue weighted by molar-refractivity contribution is 5.78. The van der Waals surface area contributed by atoms with Crippen LogP contribution in [0.2, 0.25) is 0 Å². The number of benzene rings is 2.